The smallest absolute Gasteiger partial charge is 0.410 e. The number of aromatic nitrogens is 2. The van der Waals surface area contributed by atoms with Crippen molar-refractivity contribution in [2.24, 2.45) is 0 Å². The van der Waals surface area contributed by atoms with Crippen LogP contribution >= 0.6 is 0 Å². The molecule has 0 unspecified atom stereocenters. The summed E-state index contributed by atoms with van der Waals surface area (Å²) in [5.74, 6) is -0.169. The number of carbonyl (C=O) groups excluding carboxylic acids is 2. The molecule has 45 heavy (non-hydrogen) atoms. The summed E-state index contributed by atoms with van der Waals surface area (Å²) in [6, 6.07) is 4.43. The average Bonchev–Trinajstić information content (AvgIpc) is 3.13. The van der Waals surface area contributed by atoms with Gasteiger partial charge in [0.05, 0.1) is 34.5 Å². The van der Waals surface area contributed by atoms with Gasteiger partial charge in [0, 0.05) is 75.6 Å². The number of pyridine rings is 2. The van der Waals surface area contributed by atoms with E-state index in [1.165, 1.54) is 31.3 Å². The minimum absolute atomic E-state index is 0.0282. The number of nitrogens with one attached hydrogen (secondary N) is 1. The van der Waals surface area contributed by atoms with E-state index in [4.69, 9.17) is 4.74 Å². The normalized spacial score (nSPS) is 17.8. The maximum absolute atomic E-state index is 15.7. The van der Waals surface area contributed by atoms with E-state index in [0.717, 1.165) is 34.8 Å². The minimum atomic E-state index is -3.94. The molecule has 2 aromatic heterocycles. The molecule has 2 fully saturated rings. The second kappa shape index (κ2) is 10.5. The van der Waals surface area contributed by atoms with Crippen LogP contribution in [0.1, 0.15) is 45.6 Å². The number of likely N-dealkylation sites (N-methyl/N-ethyl adjacent to an activating group) is 2. The fraction of sp³-hybridized carbons (Fsp3) is 0.484. The molecule has 0 atom stereocenters. The second-order valence-corrected chi connectivity index (χ2v) is 15.2. The molecule has 0 bridgehead atoms. The van der Waals surface area contributed by atoms with E-state index in [1.807, 2.05) is 4.90 Å². The molecule has 1 N–H and O–H groups in total. The van der Waals surface area contributed by atoms with Gasteiger partial charge in [-0.15, -0.1) is 0 Å². The van der Waals surface area contributed by atoms with Crippen LogP contribution in [0.5, 0.6) is 0 Å². The largest absolute Gasteiger partial charge is 0.444 e. The summed E-state index contributed by atoms with van der Waals surface area (Å²) in [7, 11) is 2.26. The van der Waals surface area contributed by atoms with Crippen molar-refractivity contribution in [1.82, 2.24) is 19.2 Å². The van der Waals surface area contributed by atoms with Gasteiger partial charge in [0.2, 0.25) is 5.91 Å². The van der Waals surface area contributed by atoms with Gasteiger partial charge in [-0.1, -0.05) is 6.42 Å². The summed E-state index contributed by atoms with van der Waals surface area (Å²) in [5.41, 5.74) is 1.51. The number of carbonyl (C=O) groups is 2. The number of benzene rings is 1. The Bertz CT molecular complexity index is 1830. The molecule has 1 spiro atoms. The van der Waals surface area contributed by atoms with Crippen molar-refractivity contribution < 1.29 is 27.1 Å². The van der Waals surface area contributed by atoms with Gasteiger partial charge in [-0.2, -0.15) is 12.7 Å². The molecule has 14 heteroatoms. The predicted molar refractivity (Wildman–Crippen MR) is 170 cm³/mol. The van der Waals surface area contributed by atoms with Crippen molar-refractivity contribution in [3.63, 3.8) is 0 Å². The maximum Gasteiger partial charge on any atom is 0.410 e. The lowest BCUT2D eigenvalue weighted by atomic mass is 9.64. The van der Waals surface area contributed by atoms with E-state index in [-0.39, 0.29) is 23.2 Å². The molecule has 3 aromatic rings. The first-order valence-corrected chi connectivity index (χ1v) is 16.3. The molecule has 12 nitrogen and oxygen atoms in total. The van der Waals surface area contributed by atoms with Crippen LogP contribution in [0.3, 0.4) is 0 Å². The SMILES string of the molecule is CN1C(=O)C2(CCC2)c2c1cnc1cc(F)c(-c3cnc(N4CC(N(C)C(=O)OC(C)(C)C)C4)c(NS(=O)(=O)N(C)C)c3)cc21. The van der Waals surface area contributed by atoms with Crippen molar-refractivity contribution in [3.8, 4) is 11.1 Å². The van der Waals surface area contributed by atoms with Gasteiger partial charge in [0.25, 0.3) is 0 Å². The maximum atomic E-state index is 15.7. The van der Waals surface area contributed by atoms with Gasteiger partial charge < -0.3 is 19.4 Å². The van der Waals surface area contributed by atoms with Crippen LogP contribution in [0.4, 0.5) is 26.4 Å². The Kier molecular flexibility index (Phi) is 7.23. The summed E-state index contributed by atoms with van der Waals surface area (Å²) >= 11 is 0. The number of rotatable bonds is 6. The topological polar surface area (TPSA) is 128 Å². The van der Waals surface area contributed by atoms with Crippen molar-refractivity contribution in [1.29, 1.82) is 0 Å². The molecule has 6 rings (SSSR count). The molecule has 1 saturated heterocycles. The highest BCUT2D eigenvalue weighted by Crippen LogP contribution is 2.55. The van der Waals surface area contributed by atoms with Crippen LogP contribution in [-0.4, -0.2) is 92.5 Å². The molecule has 0 radical (unpaired) electrons. The third-order valence-electron chi connectivity index (χ3n) is 8.99. The second-order valence-electron chi connectivity index (χ2n) is 13.3. The van der Waals surface area contributed by atoms with Crippen LogP contribution in [0, 0.1) is 5.82 Å². The lowest BCUT2D eigenvalue weighted by Gasteiger charge is -2.45. The van der Waals surface area contributed by atoms with E-state index in [9.17, 15) is 18.0 Å². The summed E-state index contributed by atoms with van der Waals surface area (Å²) < 4.78 is 50.7. The highest BCUT2D eigenvalue weighted by Gasteiger charge is 2.54. The molecule has 2 aliphatic heterocycles. The standard InChI is InChI=1S/C31H38FN7O5S/c1-30(2,3)44-29(41)37(6)19-16-39(17-19)27-24(35-45(42,43)36(4)5)11-18(14-34-27)20-12-21-23(13-22(20)32)33-15-25-26(21)31(9-8-10-31)28(40)38(25)7/h11-15,19,35H,8-10,16-17H2,1-7H3. The average molecular weight is 640 g/mol. The van der Waals surface area contributed by atoms with Crippen molar-refractivity contribution >= 4 is 50.3 Å². The number of halogens is 1. The molecule has 4 heterocycles. The Morgan fingerprint density at radius 2 is 1.80 bits per heavy atom. The van der Waals surface area contributed by atoms with Crippen LogP contribution in [0.15, 0.2) is 30.6 Å². The van der Waals surface area contributed by atoms with Gasteiger partial charge in [0.15, 0.2) is 5.82 Å². The number of nitrogens with zero attached hydrogens (tertiary/aromatic N) is 6. The minimum Gasteiger partial charge on any atom is -0.444 e. The van der Waals surface area contributed by atoms with Crippen LogP contribution in [0.25, 0.3) is 22.0 Å². The Morgan fingerprint density at radius 1 is 1.11 bits per heavy atom. The Balaban J connectivity index is 1.38. The number of fused-ring (bicyclic) bond motifs is 4. The number of hydrogen-bond acceptors (Lipinski definition) is 8. The summed E-state index contributed by atoms with van der Waals surface area (Å²) in [6.07, 6.45) is 5.07. The van der Waals surface area contributed by atoms with Crippen molar-refractivity contribution in [2.45, 2.75) is 57.1 Å². The monoisotopic (exact) mass is 639 g/mol. The zero-order chi connectivity index (χ0) is 32.6. The van der Waals surface area contributed by atoms with Gasteiger partial charge in [-0.25, -0.2) is 14.2 Å². The van der Waals surface area contributed by atoms with E-state index in [0.29, 0.717) is 35.4 Å². The Morgan fingerprint density at radius 3 is 2.40 bits per heavy atom. The molecule has 1 aromatic carbocycles. The molecule has 1 aliphatic carbocycles. The summed E-state index contributed by atoms with van der Waals surface area (Å²) in [5, 5.41) is 0.691. The first-order valence-electron chi connectivity index (χ1n) is 14.8. The van der Waals surface area contributed by atoms with Crippen LogP contribution < -0.4 is 14.5 Å². The van der Waals surface area contributed by atoms with E-state index in [2.05, 4.69) is 14.7 Å². The number of amides is 2. The van der Waals surface area contributed by atoms with E-state index >= 15 is 4.39 Å². The lowest BCUT2D eigenvalue weighted by Crippen LogP contribution is -2.60. The van der Waals surface area contributed by atoms with Gasteiger partial charge in [0.1, 0.15) is 11.4 Å². The zero-order valence-corrected chi connectivity index (χ0v) is 27.3. The van der Waals surface area contributed by atoms with Gasteiger partial charge in [-0.05, 0) is 45.7 Å². The molecular weight excluding hydrogens is 601 g/mol. The first kappa shape index (κ1) is 31.0. The Hall–Kier alpha value is -4.04. The van der Waals surface area contributed by atoms with E-state index in [1.54, 1.807) is 58.1 Å². The third kappa shape index (κ3) is 5.13. The molecular formula is C31H38FN7O5S. The highest BCUT2D eigenvalue weighted by molar-refractivity contribution is 7.90. The number of hydrogen-bond donors (Lipinski definition) is 1. The molecule has 2 amide bonds. The summed E-state index contributed by atoms with van der Waals surface area (Å²) in [6.45, 7) is 6.18. The van der Waals surface area contributed by atoms with Crippen LogP contribution in [0.2, 0.25) is 0 Å². The van der Waals surface area contributed by atoms with E-state index < -0.39 is 33.1 Å². The molecule has 3 aliphatic rings. The van der Waals surface area contributed by atoms with Gasteiger partial charge >= 0.3 is 16.3 Å². The lowest BCUT2D eigenvalue weighted by molar-refractivity contribution is -0.125. The molecule has 240 valence electrons. The van der Waals surface area contributed by atoms with Crippen molar-refractivity contribution in [3.05, 3.63) is 42.0 Å². The quantitative estimate of drug-likeness (QED) is 0.427. The van der Waals surface area contributed by atoms with Crippen molar-refractivity contribution in [2.75, 3.05) is 55.8 Å². The highest BCUT2D eigenvalue weighted by atomic mass is 32.2. The fourth-order valence-electron chi connectivity index (χ4n) is 6.23. The fourth-order valence-corrected chi connectivity index (χ4v) is 6.84. The van der Waals surface area contributed by atoms with Gasteiger partial charge in [-0.3, -0.25) is 14.5 Å². The molecule has 1 saturated carbocycles. The third-order valence-corrected chi connectivity index (χ3v) is 10.4. The van der Waals surface area contributed by atoms with Crippen LogP contribution in [-0.2, 0) is 25.2 Å². The Labute approximate surface area is 262 Å². The number of anilines is 3. The zero-order valence-electron chi connectivity index (χ0n) is 26.5. The number of ether oxygens (including phenoxy) is 1. The predicted octanol–water partition coefficient (Wildman–Crippen LogP) is 4.11. The summed E-state index contributed by atoms with van der Waals surface area (Å²) in [4.78, 5) is 39.9. The first-order chi connectivity index (χ1) is 21.0.